The Kier molecular flexibility index (Phi) is 9.52. The lowest BCUT2D eigenvalue weighted by atomic mass is 10.2. The fourth-order valence-electron chi connectivity index (χ4n) is 2.77. The molecule has 3 aromatic carbocycles. The van der Waals surface area contributed by atoms with Crippen LogP contribution in [0.1, 0.15) is 36.2 Å². The Balaban J connectivity index is 1.49. The van der Waals surface area contributed by atoms with Crippen LogP contribution >= 0.6 is 23.2 Å². The Morgan fingerprint density at radius 3 is 2.34 bits per heavy atom. The number of nitrogens with zero attached hydrogens (tertiary/aromatic N) is 1. The fraction of sp³-hybridized carbons (Fsp3) is 0.192. The smallest absolute Gasteiger partial charge is 0.343 e. The zero-order valence-corrected chi connectivity index (χ0v) is 20.7. The number of hydrazone groups is 1. The first kappa shape index (κ1) is 26.1. The molecule has 0 unspecified atom stereocenters. The molecule has 0 saturated carbocycles. The fourth-order valence-corrected chi connectivity index (χ4v) is 3.22. The van der Waals surface area contributed by atoms with Gasteiger partial charge in [0, 0.05) is 5.02 Å². The van der Waals surface area contributed by atoms with E-state index < -0.39 is 18.0 Å². The first-order chi connectivity index (χ1) is 16.9. The molecule has 0 saturated heterocycles. The van der Waals surface area contributed by atoms with Gasteiger partial charge in [0.1, 0.15) is 17.2 Å². The van der Waals surface area contributed by atoms with Gasteiger partial charge in [-0.05, 0) is 85.6 Å². The Labute approximate surface area is 213 Å². The number of rotatable bonds is 10. The molecule has 0 aliphatic rings. The molecule has 0 bridgehead atoms. The molecule has 1 amide bonds. The van der Waals surface area contributed by atoms with Crippen LogP contribution in [0.3, 0.4) is 0 Å². The number of hydrogen-bond donors (Lipinski definition) is 1. The number of halogens is 2. The maximum atomic E-state index is 12.3. The summed E-state index contributed by atoms with van der Waals surface area (Å²) in [5, 5.41) is 4.70. The monoisotopic (exact) mass is 514 g/mol. The predicted octanol–water partition coefficient (Wildman–Crippen LogP) is 5.92. The predicted molar refractivity (Wildman–Crippen MR) is 136 cm³/mol. The van der Waals surface area contributed by atoms with E-state index in [1.165, 1.54) is 12.3 Å². The van der Waals surface area contributed by atoms with Gasteiger partial charge in [-0.25, -0.2) is 10.2 Å². The van der Waals surface area contributed by atoms with E-state index >= 15 is 0 Å². The van der Waals surface area contributed by atoms with Crippen LogP contribution in [-0.4, -0.2) is 30.8 Å². The van der Waals surface area contributed by atoms with Crippen molar-refractivity contribution in [3.05, 3.63) is 87.9 Å². The molecule has 0 spiro atoms. The summed E-state index contributed by atoms with van der Waals surface area (Å²) in [6.07, 6.45) is 1.53. The normalized spacial score (nSPS) is 11.7. The summed E-state index contributed by atoms with van der Waals surface area (Å²) >= 11 is 11.9. The average molecular weight is 515 g/mol. The molecule has 3 rings (SSSR count). The van der Waals surface area contributed by atoms with Crippen molar-refractivity contribution >= 4 is 41.3 Å². The molecule has 182 valence electrons. The SMILES string of the molecule is CCCOc1ccc(C(=O)Oc2ccc(/C=N\NC(=O)[C@H](C)Oc3ccc(Cl)cc3Cl)cc2)cc1. The lowest BCUT2D eigenvalue weighted by Gasteiger charge is -2.14. The first-order valence-electron chi connectivity index (χ1n) is 10.9. The number of nitrogens with one attached hydrogen (secondary N) is 1. The second kappa shape index (κ2) is 12.8. The van der Waals surface area contributed by atoms with E-state index in [1.54, 1.807) is 67.6 Å². The molecule has 3 aromatic rings. The van der Waals surface area contributed by atoms with Crippen molar-refractivity contribution in [1.29, 1.82) is 0 Å². The molecule has 35 heavy (non-hydrogen) atoms. The molecule has 0 aliphatic carbocycles. The number of carbonyl (C=O) groups is 2. The molecule has 9 heteroatoms. The highest BCUT2D eigenvalue weighted by molar-refractivity contribution is 6.35. The number of benzene rings is 3. The summed E-state index contributed by atoms with van der Waals surface area (Å²) in [6, 6.07) is 18.2. The Bertz CT molecular complexity index is 1180. The minimum Gasteiger partial charge on any atom is -0.494 e. The summed E-state index contributed by atoms with van der Waals surface area (Å²) < 4.78 is 16.4. The molecular weight excluding hydrogens is 491 g/mol. The van der Waals surface area contributed by atoms with Gasteiger partial charge in [0.2, 0.25) is 0 Å². The van der Waals surface area contributed by atoms with Crippen molar-refractivity contribution in [3.8, 4) is 17.2 Å². The second-order valence-electron chi connectivity index (χ2n) is 7.40. The number of esters is 1. The topological polar surface area (TPSA) is 86.2 Å². The van der Waals surface area contributed by atoms with Crippen LogP contribution in [0.15, 0.2) is 71.8 Å². The van der Waals surface area contributed by atoms with Crippen LogP contribution in [0.4, 0.5) is 0 Å². The van der Waals surface area contributed by atoms with Crippen molar-refractivity contribution in [2.45, 2.75) is 26.4 Å². The molecule has 1 N–H and O–H groups in total. The maximum absolute atomic E-state index is 12.3. The molecule has 7 nitrogen and oxygen atoms in total. The molecule has 0 aliphatic heterocycles. The van der Waals surface area contributed by atoms with Crippen molar-refractivity contribution < 1.29 is 23.8 Å². The van der Waals surface area contributed by atoms with Crippen LogP contribution in [0.2, 0.25) is 10.0 Å². The van der Waals surface area contributed by atoms with Gasteiger partial charge < -0.3 is 14.2 Å². The number of hydrogen-bond acceptors (Lipinski definition) is 6. The van der Waals surface area contributed by atoms with Crippen molar-refractivity contribution in [2.75, 3.05) is 6.61 Å². The third kappa shape index (κ3) is 8.02. The summed E-state index contributed by atoms with van der Waals surface area (Å²) in [5.74, 6) is 0.492. The highest BCUT2D eigenvalue weighted by Crippen LogP contribution is 2.28. The number of amides is 1. The van der Waals surface area contributed by atoms with Crippen LogP contribution in [0.25, 0.3) is 0 Å². The van der Waals surface area contributed by atoms with Gasteiger partial charge >= 0.3 is 5.97 Å². The second-order valence-corrected chi connectivity index (χ2v) is 8.24. The van der Waals surface area contributed by atoms with Crippen molar-refractivity contribution in [2.24, 2.45) is 5.10 Å². The Hall–Kier alpha value is -3.55. The molecule has 1 atom stereocenters. The third-order valence-corrected chi connectivity index (χ3v) is 5.14. The van der Waals surface area contributed by atoms with Crippen LogP contribution in [-0.2, 0) is 4.79 Å². The summed E-state index contributed by atoms with van der Waals surface area (Å²) in [4.78, 5) is 24.6. The van der Waals surface area contributed by atoms with E-state index in [9.17, 15) is 9.59 Å². The van der Waals surface area contributed by atoms with E-state index in [4.69, 9.17) is 37.4 Å². The van der Waals surface area contributed by atoms with Gasteiger partial charge in [0.15, 0.2) is 6.10 Å². The van der Waals surface area contributed by atoms with E-state index in [0.29, 0.717) is 45.0 Å². The zero-order chi connectivity index (χ0) is 25.2. The maximum Gasteiger partial charge on any atom is 0.343 e. The summed E-state index contributed by atoms with van der Waals surface area (Å²) in [5.41, 5.74) is 3.52. The zero-order valence-electron chi connectivity index (χ0n) is 19.2. The van der Waals surface area contributed by atoms with E-state index in [-0.39, 0.29) is 0 Å². The van der Waals surface area contributed by atoms with Gasteiger partial charge in [0.05, 0.1) is 23.4 Å². The van der Waals surface area contributed by atoms with Crippen molar-refractivity contribution in [3.63, 3.8) is 0 Å². The summed E-state index contributed by atoms with van der Waals surface area (Å²) in [6.45, 7) is 4.22. The van der Waals surface area contributed by atoms with Crippen LogP contribution in [0.5, 0.6) is 17.2 Å². The van der Waals surface area contributed by atoms with E-state index in [0.717, 1.165) is 6.42 Å². The lowest BCUT2D eigenvalue weighted by molar-refractivity contribution is -0.127. The van der Waals surface area contributed by atoms with Gasteiger partial charge in [-0.3, -0.25) is 4.79 Å². The quantitative estimate of drug-likeness (QED) is 0.157. The molecular formula is C26H24Cl2N2O5. The van der Waals surface area contributed by atoms with Gasteiger partial charge in [-0.15, -0.1) is 0 Å². The molecule has 0 radical (unpaired) electrons. The minimum absolute atomic E-state index is 0.305. The first-order valence-corrected chi connectivity index (χ1v) is 11.6. The Morgan fingerprint density at radius 2 is 1.69 bits per heavy atom. The third-order valence-electron chi connectivity index (χ3n) is 4.61. The lowest BCUT2D eigenvalue weighted by Crippen LogP contribution is -2.33. The average Bonchev–Trinajstić information content (AvgIpc) is 2.85. The number of carbonyl (C=O) groups excluding carboxylic acids is 2. The highest BCUT2D eigenvalue weighted by atomic mass is 35.5. The van der Waals surface area contributed by atoms with Gasteiger partial charge in [-0.1, -0.05) is 30.1 Å². The molecule has 0 aromatic heterocycles. The highest BCUT2D eigenvalue weighted by Gasteiger charge is 2.15. The van der Waals surface area contributed by atoms with Gasteiger partial charge in [0.25, 0.3) is 5.91 Å². The Morgan fingerprint density at radius 1 is 1.00 bits per heavy atom. The minimum atomic E-state index is -0.833. The summed E-state index contributed by atoms with van der Waals surface area (Å²) in [7, 11) is 0. The van der Waals surface area contributed by atoms with Gasteiger partial charge in [-0.2, -0.15) is 5.10 Å². The standard InChI is InChI=1S/C26H24Cl2N2O5/c1-3-14-33-21-11-6-19(7-12-21)26(32)35-22-9-4-18(5-10-22)16-29-30-25(31)17(2)34-24-13-8-20(27)15-23(24)28/h4-13,15-17H,3,14H2,1-2H3,(H,30,31)/b29-16-/t17-/m0/s1. The van der Waals surface area contributed by atoms with E-state index in [2.05, 4.69) is 10.5 Å². The van der Waals surface area contributed by atoms with E-state index in [1.807, 2.05) is 6.92 Å². The van der Waals surface area contributed by atoms with Crippen molar-refractivity contribution in [1.82, 2.24) is 5.43 Å². The largest absolute Gasteiger partial charge is 0.494 e. The number of ether oxygens (including phenoxy) is 3. The molecule has 0 fully saturated rings. The van der Waals surface area contributed by atoms with Crippen LogP contribution in [0, 0.1) is 0 Å². The molecule has 0 heterocycles. The van der Waals surface area contributed by atoms with Crippen LogP contribution < -0.4 is 19.6 Å².